The van der Waals surface area contributed by atoms with Crippen LogP contribution in [0.4, 0.5) is 15.0 Å². The summed E-state index contributed by atoms with van der Waals surface area (Å²) in [5.74, 6) is 0.638. The van der Waals surface area contributed by atoms with Crippen LogP contribution in [0, 0.1) is 11.2 Å². The molecule has 2 aliphatic rings. The Hall–Kier alpha value is -3.95. The molecule has 188 valence electrons. The van der Waals surface area contributed by atoms with E-state index in [1.54, 1.807) is 12.1 Å². The van der Waals surface area contributed by atoms with Crippen molar-refractivity contribution in [1.29, 1.82) is 0 Å². The molecule has 0 radical (unpaired) electrons. The zero-order chi connectivity index (χ0) is 25.1. The van der Waals surface area contributed by atoms with Crippen LogP contribution in [0.3, 0.4) is 0 Å². The number of hydrogen-bond acceptors (Lipinski definition) is 7. The average molecular weight is 494 g/mol. The molecule has 5 rings (SSSR count). The fourth-order valence-electron chi connectivity index (χ4n) is 5.05. The second-order valence-corrected chi connectivity index (χ2v) is 9.48. The highest BCUT2D eigenvalue weighted by Gasteiger charge is 2.46. The van der Waals surface area contributed by atoms with E-state index in [2.05, 4.69) is 25.7 Å². The number of alkyl carbamates (subject to hydrolysis) is 1. The van der Waals surface area contributed by atoms with Crippen molar-refractivity contribution in [2.75, 3.05) is 25.0 Å². The number of carbonyl (C=O) groups is 2. The van der Waals surface area contributed by atoms with Crippen molar-refractivity contribution in [1.82, 2.24) is 20.8 Å². The molecule has 2 fully saturated rings. The first-order valence-corrected chi connectivity index (χ1v) is 12.0. The highest BCUT2D eigenvalue weighted by molar-refractivity contribution is 5.91. The van der Waals surface area contributed by atoms with Gasteiger partial charge in [-0.25, -0.2) is 14.2 Å². The summed E-state index contributed by atoms with van der Waals surface area (Å²) in [6, 6.07) is 12.0. The maximum absolute atomic E-state index is 13.2. The lowest BCUT2D eigenvalue weighted by Crippen LogP contribution is -2.55. The molecule has 3 aromatic rings. The lowest BCUT2D eigenvalue weighted by molar-refractivity contribution is 0.0457. The van der Waals surface area contributed by atoms with Gasteiger partial charge in [0, 0.05) is 44.0 Å². The van der Waals surface area contributed by atoms with E-state index in [1.165, 1.54) is 25.2 Å². The van der Waals surface area contributed by atoms with Crippen molar-refractivity contribution in [3.05, 3.63) is 65.9 Å². The molecule has 1 saturated heterocycles. The van der Waals surface area contributed by atoms with Gasteiger partial charge in [0.2, 0.25) is 0 Å². The maximum Gasteiger partial charge on any atom is 0.407 e. The number of aromatic nitrogens is 2. The number of carbonyl (C=O) groups excluding carboxylic acids is 2. The molecule has 9 nitrogen and oxygen atoms in total. The first kappa shape index (κ1) is 23.8. The number of hydrogen-bond donors (Lipinski definition) is 2. The zero-order valence-corrected chi connectivity index (χ0v) is 20.0. The summed E-state index contributed by atoms with van der Waals surface area (Å²) in [5, 5.41) is 9.01. The molecule has 1 spiro atoms. The van der Waals surface area contributed by atoms with E-state index in [0.717, 1.165) is 55.7 Å². The SMILES string of the molecule is CNC(=O)c1cc(COC(=O)NC2CC3(CCN(c4ccc(-c5ccc(F)cc5)cn4)CC3)C2)on1. The van der Waals surface area contributed by atoms with Crippen molar-refractivity contribution >= 4 is 17.8 Å². The summed E-state index contributed by atoms with van der Waals surface area (Å²) in [6.45, 7) is 1.74. The maximum atomic E-state index is 13.2. The minimum atomic E-state index is -0.504. The number of ether oxygens (including phenoxy) is 1. The van der Waals surface area contributed by atoms with Crippen molar-refractivity contribution < 1.29 is 23.2 Å². The Morgan fingerprint density at radius 3 is 2.53 bits per heavy atom. The van der Waals surface area contributed by atoms with E-state index in [4.69, 9.17) is 9.26 Å². The van der Waals surface area contributed by atoms with Gasteiger partial charge in [-0.2, -0.15) is 0 Å². The highest BCUT2D eigenvalue weighted by Crippen LogP contribution is 2.49. The van der Waals surface area contributed by atoms with E-state index < -0.39 is 6.09 Å². The van der Waals surface area contributed by atoms with Gasteiger partial charge in [0.25, 0.3) is 5.91 Å². The first-order valence-electron chi connectivity index (χ1n) is 12.0. The molecule has 1 saturated carbocycles. The van der Waals surface area contributed by atoms with Gasteiger partial charge in [-0.05, 0) is 60.9 Å². The van der Waals surface area contributed by atoms with Crippen LogP contribution in [-0.2, 0) is 11.3 Å². The Morgan fingerprint density at radius 1 is 1.14 bits per heavy atom. The molecular weight excluding hydrogens is 465 g/mol. The van der Waals surface area contributed by atoms with E-state index in [-0.39, 0.29) is 35.5 Å². The minimum Gasteiger partial charge on any atom is -0.441 e. The van der Waals surface area contributed by atoms with Gasteiger partial charge in [0.15, 0.2) is 18.1 Å². The second kappa shape index (κ2) is 9.96. The average Bonchev–Trinajstić information content (AvgIpc) is 3.36. The molecule has 36 heavy (non-hydrogen) atoms. The van der Waals surface area contributed by atoms with E-state index in [1.807, 2.05) is 18.3 Å². The lowest BCUT2D eigenvalue weighted by Gasteiger charge is -2.52. The third-order valence-electron chi connectivity index (χ3n) is 7.12. The number of rotatable bonds is 6. The zero-order valence-electron chi connectivity index (χ0n) is 20.0. The number of benzene rings is 1. The molecule has 1 aliphatic heterocycles. The number of anilines is 1. The molecule has 3 heterocycles. The van der Waals surface area contributed by atoms with Crippen molar-refractivity contribution in [3.63, 3.8) is 0 Å². The predicted octanol–water partition coefficient (Wildman–Crippen LogP) is 3.91. The summed E-state index contributed by atoms with van der Waals surface area (Å²) in [5.41, 5.74) is 2.29. The van der Waals surface area contributed by atoms with Crippen LogP contribution >= 0.6 is 0 Å². The van der Waals surface area contributed by atoms with Gasteiger partial charge in [-0.3, -0.25) is 4.79 Å². The van der Waals surface area contributed by atoms with Crippen molar-refractivity contribution in [3.8, 4) is 11.1 Å². The molecule has 0 unspecified atom stereocenters. The quantitative estimate of drug-likeness (QED) is 0.536. The Kier molecular flexibility index (Phi) is 6.58. The van der Waals surface area contributed by atoms with E-state index in [9.17, 15) is 14.0 Å². The van der Waals surface area contributed by atoms with Gasteiger partial charge in [-0.15, -0.1) is 0 Å². The molecule has 2 aromatic heterocycles. The molecule has 0 atom stereocenters. The van der Waals surface area contributed by atoms with E-state index in [0.29, 0.717) is 5.76 Å². The Bertz CT molecular complexity index is 1210. The van der Waals surface area contributed by atoms with Gasteiger partial charge in [0.1, 0.15) is 11.6 Å². The van der Waals surface area contributed by atoms with Crippen molar-refractivity contribution in [2.24, 2.45) is 5.41 Å². The first-order chi connectivity index (χ1) is 17.4. The van der Waals surface area contributed by atoms with Crippen LogP contribution in [0.1, 0.15) is 41.9 Å². The Morgan fingerprint density at radius 2 is 1.86 bits per heavy atom. The second-order valence-electron chi connectivity index (χ2n) is 9.48. The van der Waals surface area contributed by atoms with Gasteiger partial charge >= 0.3 is 6.09 Å². The summed E-state index contributed by atoms with van der Waals surface area (Å²) in [6.07, 6.45) is 5.27. The fourth-order valence-corrected chi connectivity index (χ4v) is 5.05. The van der Waals surface area contributed by atoms with Crippen LogP contribution in [0.25, 0.3) is 11.1 Å². The molecular formula is C26H28FN5O4. The topological polar surface area (TPSA) is 110 Å². The number of amides is 2. The molecule has 0 bridgehead atoms. The minimum absolute atomic E-state index is 0.0877. The molecule has 1 aromatic carbocycles. The molecule has 1 aliphatic carbocycles. The summed E-state index contributed by atoms with van der Waals surface area (Å²) >= 11 is 0. The lowest BCUT2D eigenvalue weighted by atomic mass is 9.60. The van der Waals surface area contributed by atoms with Crippen LogP contribution < -0.4 is 15.5 Å². The third-order valence-corrected chi connectivity index (χ3v) is 7.12. The van der Waals surface area contributed by atoms with Crippen LogP contribution in [0.15, 0.2) is 53.2 Å². The van der Waals surface area contributed by atoms with Crippen LogP contribution in [0.2, 0.25) is 0 Å². The van der Waals surface area contributed by atoms with Crippen LogP contribution in [0.5, 0.6) is 0 Å². The largest absolute Gasteiger partial charge is 0.441 e. The highest BCUT2D eigenvalue weighted by atomic mass is 19.1. The summed E-state index contributed by atoms with van der Waals surface area (Å²) in [4.78, 5) is 30.6. The number of nitrogens with one attached hydrogen (secondary N) is 2. The summed E-state index contributed by atoms with van der Waals surface area (Å²) in [7, 11) is 1.50. The smallest absolute Gasteiger partial charge is 0.407 e. The monoisotopic (exact) mass is 493 g/mol. The van der Waals surface area contributed by atoms with Crippen molar-refractivity contribution in [2.45, 2.75) is 38.3 Å². The Labute approximate surface area is 208 Å². The third kappa shape index (κ3) is 5.17. The molecule has 2 N–H and O–H groups in total. The molecule has 10 heteroatoms. The molecule has 2 amide bonds. The number of halogens is 1. The van der Waals surface area contributed by atoms with Gasteiger partial charge < -0.3 is 24.8 Å². The van der Waals surface area contributed by atoms with Crippen LogP contribution in [-0.4, -0.2) is 48.3 Å². The van der Waals surface area contributed by atoms with Gasteiger partial charge in [-0.1, -0.05) is 17.3 Å². The number of piperidine rings is 1. The Balaban J connectivity index is 1.05. The summed E-state index contributed by atoms with van der Waals surface area (Å²) < 4.78 is 23.4. The van der Waals surface area contributed by atoms with E-state index >= 15 is 0 Å². The predicted molar refractivity (Wildman–Crippen MR) is 130 cm³/mol. The van der Waals surface area contributed by atoms with Gasteiger partial charge in [0.05, 0.1) is 0 Å². The fraction of sp³-hybridized carbons (Fsp3) is 0.385. The number of nitrogens with zero attached hydrogens (tertiary/aromatic N) is 3. The standard InChI is InChI=1S/C26H28FN5O4/c1-28-24(33)22-12-21(36-31-22)16-35-25(34)30-20-13-26(14-20)8-10-32(11-9-26)23-7-4-18(15-29-23)17-2-5-19(27)6-3-17/h2-7,12,15,20H,8-11,13-14,16H2,1H3,(H,28,33)(H,30,34). The number of pyridine rings is 1. The normalized spacial score (nSPS) is 16.9.